The fourth-order valence-corrected chi connectivity index (χ4v) is 9.46. The van der Waals surface area contributed by atoms with Crippen LogP contribution in [0.1, 0.15) is 43.0 Å². The number of aliphatic carboxylic acids is 1. The Morgan fingerprint density at radius 2 is 1.50 bits per heavy atom. The highest BCUT2D eigenvalue weighted by atomic mass is 31.2. The van der Waals surface area contributed by atoms with E-state index in [9.17, 15) is 18.9 Å². The zero-order chi connectivity index (χ0) is 33.6. The molecule has 0 amide bonds. The molecule has 1 radical (unpaired) electrons. The Balaban J connectivity index is 1.76. The fraction of sp³-hybridized carbons (Fsp3) is 0.289. The lowest BCUT2D eigenvalue weighted by molar-refractivity contribution is -0.149. The monoisotopic (exact) mass is 655 g/mol. The Morgan fingerprint density at radius 3 is 2.00 bits per heavy atom. The van der Waals surface area contributed by atoms with E-state index in [-0.39, 0.29) is 12.0 Å². The van der Waals surface area contributed by atoms with Crippen molar-refractivity contribution < 1.29 is 27.8 Å². The SMILES string of the molecule is COP(=O)(C#Cc1c(C)cc(C)cc1-c1ccc(F)c(C)c1)CC([C@H](O[Si](c1ccccc1)c1ccccc1)C(=O)O)C(C)(C)C. The van der Waals surface area contributed by atoms with Crippen LogP contribution < -0.4 is 10.4 Å². The van der Waals surface area contributed by atoms with Gasteiger partial charge in [0.05, 0.1) is 0 Å². The highest BCUT2D eigenvalue weighted by Crippen LogP contribution is 2.51. The molecule has 0 aromatic heterocycles. The summed E-state index contributed by atoms with van der Waals surface area (Å²) in [5.74, 6) is 0.999. The van der Waals surface area contributed by atoms with Crippen LogP contribution in [-0.2, 0) is 18.3 Å². The molecule has 1 N–H and O–H groups in total. The van der Waals surface area contributed by atoms with Crippen molar-refractivity contribution >= 4 is 32.8 Å². The Bertz CT molecular complexity index is 1750. The average molecular weight is 656 g/mol. The zero-order valence-corrected chi connectivity index (χ0v) is 29.3. The Labute approximate surface area is 274 Å². The Hall–Kier alpha value is -3.79. The first-order valence-electron chi connectivity index (χ1n) is 15.2. The minimum absolute atomic E-state index is 0.119. The highest BCUT2D eigenvalue weighted by Gasteiger charge is 2.43. The van der Waals surface area contributed by atoms with Crippen LogP contribution in [-0.4, -0.2) is 39.5 Å². The maximum Gasteiger partial charge on any atom is 0.331 e. The summed E-state index contributed by atoms with van der Waals surface area (Å²) in [5.41, 5.74) is 6.97. The normalized spacial score (nSPS) is 14.2. The van der Waals surface area contributed by atoms with Gasteiger partial charge in [-0.2, -0.15) is 0 Å². The summed E-state index contributed by atoms with van der Waals surface area (Å²) in [4.78, 5) is 13.0. The fourth-order valence-electron chi connectivity index (χ4n) is 5.48. The van der Waals surface area contributed by atoms with Crippen molar-refractivity contribution in [3.8, 4) is 22.7 Å². The molecule has 4 rings (SSSR count). The van der Waals surface area contributed by atoms with Gasteiger partial charge in [0.25, 0.3) is 16.4 Å². The Morgan fingerprint density at radius 1 is 0.913 bits per heavy atom. The van der Waals surface area contributed by atoms with E-state index in [0.717, 1.165) is 32.6 Å². The lowest BCUT2D eigenvalue weighted by atomic mass is 9.78. The molecule has 0 aliphatic heterocycles. The van der Waals surface area contributed by atoms with Crippen LogP contribution in [0.15, 0.2) is 91.0 Å². The minimum atomic E-state index is -3.71. The highest BCUT2D eigenvalue weighted by molar-refractivity contribution is 7.64. The minimum Gasteiger partial charge on any atom is -0.479 e. The largest absolute Gasteiger partial charge is 0.479 e. The second-order valence-electron chi connectivity index (χ2n) is 12.7. The standard InChI is InChI=1S/C38H41FO5PSi/c1-26-22-27(2)32(33(23-26)29-18-19-35(39)28(3)24-29)20-21-45(42,43-7)25-34(38(4,5)6)36(37(40)41)44-46(30-14-10-8-11-15-30)31-16-12-9-13-17-31/h8-19,22-24,34,36H,25H2,1-7H3,(H,40,41)/t34?,36-,45?/m0/s1. The zero-order valence-electron chi connectivity index (χ0n) is 27.4. The van der Waals surface area contributed by atoms with Crippen molar-refractivity contribution in [1.82, 2.24) is 0 Å². The van der Waals surface area contributed by atoms with Gasteiger partial charge in [-0.25, -0.2) is 9.18 Å². The second-order valence-corrected chi connectivity index (χ2v) is 17.0. The van der Waals surface area contributed by atoms with Crippen molar-refractivity contribution in [2.45, 2.75) is 47.6 Å². The molecule has 239 valence electrons. The van der Waals surface area contributed by atoms with Crippen LogP contribution in [0.25, 0.3) is 11.1 Å². The topological polar surface area (TPSA) is 72.8 Å². The van der Waals surface area contributed by atoms with Crippen LogP contribution >= 0.6 is 7.37 Å². The van der Waals surface area contributed by atoms with E-state index < -0.39 is 39.8 Å². The van der Waals surface area contributed by atoms with E-state index >= 15 is 0 Å². The van der Waals surface area contributed by atoms with Gasteiger partial charge in [0.15, 0.2) is 0 Å². The number of carbonyl (C=O) groups is 1. The number of hydrogen-bond donors (Lipinski definition) is 1. The summed E-state index contributed by atoms with van der Waals surface area (Å²) in [6, 6.07) is 28.1. The summed E-state index contributed by atoms with van der Waals surface area (Å²) in [6.07, 6.45) is -1.40. The molecule has 4 aromatic rings. The number of hydrogen-bond acceptors (Lipinski definition) is 4. The molecule has 0 spiro atoms. The predicted molar refractivity (Wildman–Crippen MR) is 186 cm³/mol. The molecule has 5 nitrogen and oxygen atoms in total. The quantitative estimate of drug-likeness (QED) is 0.108. The lowest BCUT2D eigenvalue weighted by Gasteiger charge is -2.37. The summed E-state index contributed by atoms with van der Waals surface area (Å²) in [5, 5.41) is 12.4. The third-order valence-corrected chi connectivity index (χ3v) is 12.2. The van der Waals surface area contributed by atoms with Crippen LogP contribution in [0.5, 0.6) is 0 Å². The molecule has 0 saturated heterocycles. The van der Waals surface area contributed by atoms with Gasteiger partial charge in [-0.3, -0.25) is 4.57 Å². The van der Waals surface area contributed by atoms with Gasteiger partial charge in [0.1, 0.15) is 11.9 Å². The average Bonchev–Trinajstić information content (AvgIpc) is 3.01. The van der Waals surface area contributed by atoms with Gasteiger partial charge >= 0.3 is 5.97 Å². The van der Waals surface area contributed by atoms with E-state index in [1.165, 1.54) is 13.2 Å². The third kappa shape index (κ3) is 8.51. The molecule has 8 heteroatoms. The molecule has 2 unspecified atom stereocenters. The number of carboxylic acids is 1. The number of rotatable bonds is 10. The van der Waals surface area contributed by atoms with Crippen molar-refractivity contribution in [1.29, 1.82) is 0 Å². The van der Waals surface area contributed by atoms with E-state index in [1.807, 2.05) is 107 Å². The van der Waals surface area contributed by atoms with Crippen LogP contribution in [0.2, 0.25) is 0 Å². The van der Waals surface area contributed by atoms with Gasteiger partial charge in [0.2, 0.25) is 0 Å². The molecule has 0 heterocycles. The van der Waals surface area contributed by atoms with Gasteiger partial charge in [0, 0.05) is 24.8 Å². The molecule has 46 heavy (non-hydrogen) atoms. The van der Waals surface area contributed by atoms with Crippen LogP contribution in [0, 0.1) is 49.5 Å². The van der Waals surface area contributed by atoms with Crippen LogP contribution in [0.3, 0.4) is 0 Å². The van der Waals surface area contributed by atoms with E-state index in [1.54, 1.807) is 19.1 Å². The van der Waals surface area contributed by atoms with Crippen molar-refractivity contribution in [2.24, 2.45) is 11.3 Å². The smallest absolute Gasteiger partial charge is 0.331 e. The van der Waals surface area contributed by atoms with Gasteiger partial charge in [-0.15, -0.1) is 0 Å². The van der Waals surface area contributed by atoms with Gasteiger partial charge in [-0.1, -0.05) is 111 Å². The maximum atomic E-state index is 14.4. The van der Waals surface area contributed by atoms with E-state index in [4.69, 9.17) is 8.95 Å². The molecule has 0 aliphatic carbocycles. The molecule has 3 atom stereocenters. The predicted octanol–water partition coefficient (Wildman–Crippen LogP) is 7.59. The summed E-state index contributed by atoms with van der Waals surface area (Å²) in [6.45, 7) is 11.4. The third-order valence-electron chi connectivity index (χ3n) is 8.07. The number of benzene rings is 4. The summed E-state index contributed by atoms with van der Waals surface area (Å²) >= 11 is 0. The lowest BCUT2D eigenvalue weighted by Crippen LogP contribution is -2.52. The summed E-state index contributed by atoms with van der Waals surface area (Å²) < 4.78 is 40.7. The maximum absolute atomic E-state index is 14.4. The van der Waals surface area contributed by atoms with Crippen molar-refractivity contribution in [2.75, 3.05) is 13.3 Å². The van der Waals surface area contributed by atoms with Crippen molar-refractivity contribution in [3.05, 3.63) is 119 Å². The molecule has 0 bridgehead atoms. The Kier molecular flexibility index (Phi) is 11.2. The first kappa shape index (κ1) is 35.1. The van der Waals surface area contributed by atoms with Crippen LogP contribution in [0.4, 0.5) is 4.39 Å². The second kappa shape index (κ2) is 14.7. The molecule has 4 aromatic carbocycles. The van der Waals surface area contributed by atoms with Gasteiger partial charge in [-0.05, 0) is 76.6 Å². The molecule has 0 saturated carbocycles. The number of aryl methyl sites for hydroxylation is 3. The summed E-state index contributed by atoms with van der Waals surface area (Å²) in [7, 11) is -4.35. The van der Waals surface area contributed by atoms with Crippen molar-refractivity contribution in [3.63, 3.8) is 0 Å². The van der Waals surface area contributed by atoms with Gasteiger partial charge < -0.3 is 14.1 Å². The number of carboxylic acid groups (broad SMARTS) is 1. The first-order chi connectivity index (χ1) is 21.7. The number of halogens is 1. The molecular weight excluding hydrogens is 614 g/mol. The molecule has 0 aliphatic rings. The van der Waals surface area contributed by atoms with E-state index in [0.29, 0.717) is 11.1 Å². The molecule has 0 fully saturated rings. The first-order valence-corrected chi connectivity index (χ1v) is 18.4. The van der Waals surface area contributed by atoms with E-state index in [2.05, 4.69) is 11.6 Å². The molecular formula is C38H41FO5PSi.